The predicted octanol–water partition coefficient (Wildman–Crippen LogP) is -0.299. The van der Waals surface area contributed by atoms with Gasteiger partial charge < -0.3 is 15.3 Å². The first kappa shape index (κ1) is 14.7. The summed E-state index contributed by atoms with van der Waals surface area (Å²) >= 11 is 0. The van der Waals surface area contributed by atoms with Gasteiger partial charge in [0.25, 0.3) is 0 Å². The van der Waals surface area contributed by atoms with Crippen LogP contribution >= 0.6 is 0 Å². The average Bonchev–Trinajstić information content (AvgIpc) is 2.31. The Kier molecular flexibility index (Phi) is 4.92. The molecule has 0 aromatic heterocycles. The first-order chi connectivity index (χ1) is 8.37. The second-order valence-electron chi connectivity index (χ2n) is 4.85. The summed E-state index contributed by atoms with van der Waals surface area (Å²) in [6.07, 6.45) is 0.332. The van der Waals surface area contributed by atoms with Gasteiger partial charge in [0.05, 0.1) is 0 Å². The number of nitrogens with one attached hydrogen (secondary N) is 2. The number of piperazine rings is 1. The Balaban J connectivity index is 2.44. The van der Waals surface area contributed by atoms with Crippen molar-refractivity contribution in [1.29, 1.82) is 0 Å². The normalized spacial score (nSPS) is 21.1. The molecule has 0 aromatic carbocycles. The fourth-order valence-electron chi connectivity index (χ4n) is 1.63. The van der Waals surface area contributed by atoms with Gasteiger partial charge in [-0.15, -0.1) is 0 Å². The van der Waals surface area contributed by atoms with Crippen LogP contribution in [0.4, 0.5) is 4.79 Å². The van der Waals surface area contributed by atoms with Gasteiger partial charge in [-0.3, -0.25) is 5.43 Å². The molecular formula is C11H22N4O3. The van der Waals surface area contributed by atoms with E-state index in [1.807, 2.05) is 7.05 Å². The fourth-order valence-corrected chi connectivity index (χ4v) is 1.63. The van der Waals surface area contributed by atoms with E-state index in [-0.39, 0.29) is 0 Å². The fraction of sp³-hybridized carbons (Fsp3) is 0.818. The van der Waals surface area contributed by atoms with Crippen LogP contribution in [0, 0.1) is 0 Å². The molecule has 1 aliphatic rings. The maximum Gasteiger partial charge on any atom is 0.330 e. The number of carbonyl (C=O) groups is 2. The summed E-state index contributed by atoms with van der Waals surface area (Å²) in [7, 11) is 2.02. The summed E-state index contributed by atoms with van der Waals surface area (Å²) in [5, 5.41) is 13.4. The first-order valence-electron chi connectivity index (χ1n) is 6.13. The van der Waals surface area contributed by atoms with Gasteiger partial charge in [-0.1, -0.05) is 6.92 Å². The summed E-state index contributed by atoms with van der Waals surface area (Å²) in [6, 6.07) is -0.466. The monoisotopic (exact) mass is 258 g/mol. The molecule has 3 N–H and O–H groups in total. The molecule has 1 atom stereocenters. The zero-order chi connectivity index (χ0) is 13.8. The minimum Gasteiger partial charge on any atom is -0.480 e. The number of hydrogen-bond donors (Lipinski definition) is 3. The Hall–Kier alpha value is -1.34. The molecule has 2 amide bonds. The van der Waals surface area contributed by atoms with E-state index >= 15 is 0 Å². The Morgan fingerprint density at radius 3 is 2.28 bits per heavy atom. The second-order valence-corrected chi connectivity index (χ2v) is 4.85. The molecule has 18 heavy (non-hydrogen) atoms. The van der Waals surface area contributed by atoms with Crippen molar-refractivity contribution in [1.82, 2.24) is 20.7 Å². The van der Waals surface area contributed by atoms with Crippen molar-refractivity contribution >= 4 is 12.0 Å². The van der Waals surface area contributed by atoms with Gasteiger partial charge in [0, 0.05) is 26.2 Å². The average molecular weight is 258 g/mol. The summed E-state index contributed by atoms with van der Waals surface area (Å²) in [5.41, 5.74) is 1.45. The molecule has 0 saturated carbocycles. The van der Waals surface area contributed by atoms with E-state index in [9.17, 15) is 9.59 Å². The number of carboxylic acids is 1. The number of hydrazine groups is 1. The molecule has 1 fully saturated rings. The summed E-state index contributed by atoms with van der Waals surface area (Å²) < 4.78 is 0. The molecule has 0 aromatic rings. The summed E-state index contributed by atoms with van der Waals surface area (Å²) in [4.78, 5) is 25.0. The van der Waals surface area contributed by atoms with E-state index in [0.717, 1.165) is 26.2 Å². The molecule has 1 unspecified atom stereocenters. The van der Waals surface area contributed by atoms with Crippen molar-refractivity contribution in [3.05, 3.63) is 0 Å². The number of rotatable bonds is 4. The molecule has 104 valence electrons. The van der Waals surface area contributed by atoms with Crippen LogP contribution in [-0.4, -0.2) is 65.8 Å². The standard InChI is InChI=1S/C11H22N4O3/c1-4-11(2,9(16)17)12-10(18)13-15-7-5-14(3)6-8-15/h4-8H2,1-3H3,(H,16,17)(H2,12,13,18). The Morgan fingerprint density at radius 2 is 1.83 bits per heavy atom. The van der Waals surface area contributed by atoms with E-state index in [1.165, 1.54) is 6.92 Å². The van der Waals surface area contributed by atoms with Crippen LogP contribution in [0.2, 0.25) is 0 Å². The number of likely N-dealkylation sites (N-methyl/N-ethyl adjacent to an activating group) is 1. The van der Waals surface area contributed by atoms with E-state index in [1.54, 1.807) is 11.9 Å². The summed E-state index contributed by atoms with van der Waals surface area (Å²) in [6.45, 7) is 6.46. The predicted molar refractivity (Wildman–Crippen MR) is 67.1 cm³/mol. The van der Waals surface area contributed by atoms with Gasteiger partial charge in [0.2, 0.25) is 0 Å². The van der Waals surface area contributed by atoms with E-state index in [0.29, 0.717) is 6.42 Å². The maximum atomic E-state index is 11.7. The van der Waals surface area contributed by atoms with Crippen molar-refractivity contribution in [3.8, 4) is 0 Å². The third-order valence-electron chi connectivity index (χ3n) is 3.33. The van der Waals surface area contributed by atoms with Gasteiger partial charge in [-0.25, -0.2) is 14.6 Å². The van der Waals surface area contributed by atoms with Crippen LogP contribution in [0.1, 0.15) is 20.3 Å². The number of aliphatic carboxylic acids is 1. The van der Waals surface area contributed by atoms with Gasteiger partial charge in [0.1, 0.15) is 5.54 Å². The van der Waals surface area contributed by atoms with Crippen molar-refractivity contribution in [2.75, 3.05) is 33.2 Å². The number of carboxylic acid groups (broad SMARTS) is 1. The molecule has 0 radical (unpaired) electrons. The Morgan fingerprint density at radius 1 is 1.28 bits per heavy atom. The van der Waals surface area contributed by atoms with E-state index < -0.39 is 17.5 Å². The van der Waals surface area contributed by atoms with Crippen LogP contribution in [0.25, 0.3) is 0 Å². The van der Waals surface area contributed by atoms with Crippen molar-refractivity contribution in [2.45, 2.75) is 25.8 Å². The number of nitrogens with zero attached hydrogens (tertiary/aromatic N) is 2. The lowest BCUT2D eigenvalue weighted by molar-refractivity contribution is -0.143. The van der Waals surface area contributed by atoms with E-state index in [2.05, 4.69) is 15.6 Å². The van der Waals surface area contributed by atoms with Crippen molar-refractivity contribution in [2.24, 2.45) is 0 Å². The highest BCUT2D eigenvalue weighted by Crippen LogP contribution is 2.08. The lowest BCUT2D eigenvalue weighted by Crippen LogP contribution is -2.60. The summed E-state index contributed by atoms with van der Waals surface area (Å²) in [5.74, 6) is -1.03. The number of amides is 2. The molecule has 0 bridgehead atoms. The van der Waals surface area contributed by atoms with Crippen molar-refractivity contribution < 1.29 is 14.7 Å². The van der Waals surface area contributed by atoms with Crippen molar-refractivity contribution in [3.63, 3.8) is 0 Å². The third kappa shape index (κ3) is 3.85. The molecular weight excluding hydrogens is 236 g/mol. The van der Waals surface area contributed by atoms with Gasteiger partial charge in [0.15, 0.2) is 0 Å². The number of hydrogen-bond acceptors (Lipinski definition) is 4. The van der Waals surface area contributed by atoms with Gasteiger partial charge >= 0.3 is 12.0 Å². The Bertz CT molecular complexity index is 315. The first-order valence-corrected chi connectivity index (χ1v) is 6.13. The molecule has 7 nitrogen and oxygen atoms in total. The lowest BCUT2D eigenvalue weighted by atomic mass is 10.00. The topological polar surface area (TPSA) is 84.9 Å². The van der Waals surface area contributed by atoms with Crippen LogP contribution in [-0.2, 0) is 4.79 Å². The van der Waals surface area contributed by atoms with Gasteiger partial charge in [-0.05, 0) is 20.4 Å². The van der Waals surface area contributed by atoms with Crippen LogP contribution in [0.3, 0.4) is 0 Å². The molecule has 1 rings (SSSR count). The minimum atomic E-state index is -1.23. The number of urea groups is 1. The molecule has 1 saturated heterocycles. The zero-order valence-corrected chi connectivity index (χ0v) is 11.2. The van der Waals surface area contributed by atoms with Crippen LogP contribution in [0.5, 0.6) is 0 Å². The second kappa shape index (κ2) is 6.01. The highest BCUT2D eigenvalue weighted by Gasteiger charge is 2.33. The Labute approximate surface area is 107 Å². The molecule has 7 heteroatoms. The third-order valence-corrected chi connectivity index (χ3v) is 3.33. The SMILES string of the molecule is CCC(C)(NC(=O)NN1CCN(C)CC1)C(=O)O. The van der Waals surface area contributed by atoms with Crippen LogP contribution < -0.4 is 10.7 Å². The molecule has 1 heterocycles. The van der Waals surface area contributed by atoms with Crippen LogP contribution in [0.15, 0.2) is 0 Å². The number of carbonyl (C=O) groups excluding carboxylic acids is 1. The molecule has 1 aliphatic heterocycles. The maximum absolute atomic E-state index is 11.7. The zero-order valence-electron chi connectivity index (χ0n) is 11.2. The largest absolute Gasteiger partial charge is 0.480 e. The molecule has 0 aliphatic carbocycles. The quantitative estimate of drug-likeness (QED) is 0.645. The van der Waals surface area contributed by atoms with Gasteiger partial charge in [-0.2, -0.15) is 0 Å². The molecule has 0 spiro atoms. The lowest BCUT2D eigenvalue weighted by Gasteiger charge is -2.33. The highest BCUT2D eigenvalue weighted by molar-refractivity contribution is 5.85. The van der Waals surface area contributed by atoms with E-state index in [4.69, 9.17) is 5.11 Å². The highest BCUT2D eigenvalue weighted by atomic mass is 16.4. The minimum absolute atomic E-state index is 0.332. The smallest absolute Gasteiger partial charge is 0.330 e.